The van der Waals surface area contributed by atoms with Crippen molar-refractivity contribution in [3.05, 3.63) is 71.4 Å². The summed E-state index contributed by atoms with van der Waals surface area (Å²) >= 11 is 0. The molecule has 1 fully saturated rings. The van der Waals surface area contributed by atoms with Crippen molar-refractivity contribution in [1.82, 2.24) is 4.98 Å². The van der Waals surface area contributed by atoms with E-state index in [1.807, 2.05) is 6.20 Å². The number of allylic oxidation sites excluding steroid dienone is 1. The second kappa shape index (κ2) is 6.60. The lowest BCUT2D eigenvalue weighted by Crippen LogP contribution is -2.12. The highest BCUT2D eigenvalue weighted by Gasteiger charge is 2.29. The number of benzene rings is 2. The minimum atomic E-state index is 0.140. The van der Waals surface area contributed by atoms with Gasteiger partial charge in [0.1, 0.15) is 0 Å². The molecule has 4 rings (SSSR count). The van der Waals surface area contributed by atoms with Gasteiger partial charge in [0, 0.05) is 23.0 Å². The van der Waals surface area contributed by atoms with Crippen LogP contribution in [0.15, 0.2) is 54.7 Å². The Labute approximate surface area is 147 Å². The van der Waals surface area contributed by atoms with E-state index < -0.39 is 0 Å². The number of fused-ring (bicyclic) bond motifs is 1. The Hall–Kier alpha value is -2.81. The molecule has 0 bridgehead atoms. The normalized spacial score (nSPS) is 14.3. The van der Waals surface area contributed by atoms with Crippen molar-refractivity contribution < 1.29 is 4.79 Å². The van der Waals surface area contributed by atoms with E-state index in [1.54, 1.807) is 0 Å². The van der Waals surface area contributed by atoms with Gasteiger partial charge in [-0.15, -0.1) is 0 Å². The molecule has 0 unspecified atom stereocenters. The highest BCUT2D eigenvalue weighted by atomic mass is 16.2. The fourth-order valence-electron chi connectivity index (χ4n) is 2.98. The minimum absolute atomic E-state index is 0.140. The maximum atomic E-state index is 12.0. The second-order valence-electron chi connectivity index (χ2n) is 6.86. The summed E-state index contributed by atoms with van der Waals surface area (Å²) in [6, 6.07) is 14.9. The van der Waals surface area contributed by atoms with E-state index in [1.165, 1.54) is 11.1 Å². The van der Waals surface area contributed by atoms with Crippen LogP contribution in [0.3, 0.4) is 0 Å². The molecule has 3 nitrogen and oxygen atoms in total. The molecule has 1 amide bonds. The Kier molecular flexibility index (Phi) is 4.14. The van der Waals surface area contributed by atoms with Crippen molar-refractivity contribution in [2.45, 2.75) is 26.2 Å². The minimum Gasteiger partial charge on any atom is -0.359 e. The first-order chi connectivity index (χ1) is 12.2. The van der Waals surface area contributed by atoms with E-state index in [4.69, 9.17) is 0 Å². The zero-order valence-electron chi connectivity index (χ0n) is 14.4. The van der Waals surface area contributed by atoms with Crippen molar-refractivity contribution in [3.8, 4) is 0 Å². The molecule has 1 saturated carbocycles. The molecule has 3 heteroatoms. The molecule has 1 aromatic heterocycles. The number of aromatic nitrogens is 1. The first-order valence-corrected chi connectivity index (χ1v) is 8.83. The molecule has 0 radical (unpaired) electrons. The Morgan fingerprint density at radius 3 is 2.76 bits per heavy atom. The number of amides is 1. The van der Waals surface area contributed by atoms with Crippen LogP contribution in [0.4, 0.5) is 5.69 Å². The fourth-order valence-corrected chi connectivity index (χ4v) is 2.98. The Balaban J connectivity index is 1.50. The lowest BCUT2D eigenvalue weighted by atomic mass is 10.1. The first-order valence-electron chi connectivity index (χ1n) is 8.83. The molecule has 0 aliphatic heterocycles. The molecule has 2 N–H and O–H groups in total. The highest BCUT2D eigenvalue weighted by Crippen LogP contribution is 2.32. The summed E-state index contributed by atoms with van der Waals surface area (Å²) in [7, 11) is 0. The van der Waals surface area contributed by atoms with E-state index >= 15 is 0 Å². The molecule has 0 spiro atoms. The van der Waals surface area contributed by atoms with Crippen molar-refractivity contribution >= 4 is 28.6 Å². The Morgan fingerprint density at radius 2 is 2.00 bits per heavy atom. The van der Waals surface area contributed by atoms with E-state index in [0.29, 0.717) is 0 Å². The van der Waals surface area contributed by atoms with E-state index in [2.05, 4.69) is 71.8 Å². The van der Waals surface area contributed by atoms with Crippen LogP contribution in [-0.4, -0.2) is 10.9 Å². The maximum Gasteiger partial charge on any atom is 0.227 e. The number of hydrogen-bond donors (Lipinski definition) is 2. The molecule has 0 saturated heterocycles. The summed E-state index contributed by atoms with van der Waals surface area (Å²) in [5, 5.41) is 4.11. The van der Waals surface area contributed by atoms with Crippen LogP contribution < -0.4 is 5.32 Å². The summed E-state index contributed by atoms with van der Waals surface area (Å²) in [5.41, 5.74) is 5.65. The molecule has 126 valence electrons. The highest BCUT2D eigenvalue weighted by molar-refractivity contribution is 6.03. The van der Waals surface area contributed by atoms with Crippen LogP contribution in [-0.2, 0) is 11.2 Å². The molecule has 2 aromatic carbocycles. The lowest BCUT2D eigenvalue weighted by Gasteiger charge is -2.03. The number of carbonyl (C=O) groups excluding carboxylic acids is 1. The van der Waals surface area contributed by atoms with Crippen molar-refractivity contribution in [1.29, 1.82) is 0 Å². The number of rotatable bonds is 5. The molecule has 3 aromatic rings. The van der Waals surface area contributed by atoms with Crippen molar-refractivity contribution in [2.24, 2.45) is 5.92 Å². The fraction of sp³-hybridized carbons (Fsp3) is 0.227. The van der Waals surface area contributed by atoms with Crippen LogP contribution in [0.2, 0.25) is 0 Å². The summed E-state index contributed by atoms with van der Waals surface area (Å²) in [4.78, 5) is 15.2. The topological polar surface area (TPSA) is 44.9 Å². The summed E-state index contributed by atoms with van der Waals surface area (Å²) in [6.45, 7) is 2.10. The summed E-state index contributed by atoms with van der Waals surface area (Å²) in [5.74, 6) is 0.351. The van der Waals surface area contributed by atoms with Gasteiger partial charge in [0.15, 0.2) is 0 Å². The predicted molar refractivity (Wildman–Crippen MR) is 104 cm³/mol. The third kappa shape index (κ3) is 3.66. The first kappa shape index (κ1) is 15.7. The molecule has 1 heterocycles. The van der Waals surface area contributed by atoms with E-state index in [9.17, 15) is 4.79 Å². The smallest absolute Gasteiger partial charge is 0.227 e. The van der Waals surface area contributed by atoms with Crippen LogP contribution in [0, 0.1) is 12.8 Å². The largest absolute Gasteiger partial charge is 0.359 e. The average molecular weight is 330 g/mol. The van der Waals surface area contributed by atoms with Gasteiger partial charge in [-0.1, -0.05) is 48.0 Å². The average Bonchev–Trinajstić information content (AvgIpc) is 3.40. The summed E-state index contributed by atoms with van der Waals surface area (Å²) < 4.78 is 0. The van der Waals surface area contributed by atoms with Gasteiger partial charge in [0.2, 0.25) is 5.91 Å². The summed E-state index contributed by atoms with van der Waals surface area (Å²) in [6.07, 6.45) is 9.14. The van der Waals surface area contributed by atoms with Gasteiger partial charge in [-0.2, -0.15) is 0 Å². The van der Waals surface area contributed by atoms with E-state index in [0.717, 1.165) is 41.4 Å². The molecule has 1 aliphatic carbocycles. The van der Waals surface area contributed by atoms with Crippen LogP contribution in [0.5, 0.6) is 0 Å². The Morgan fingerprint density at radius 1 is 1.20 bits per heavy atom. The molecular weight excluding hydrogens is 308 g/mol. The van der Waals surface area contributed by atoms with Gasteiger partial charge >= 0.3 is 0 Å². The third-order valence-electron chi connectivity index (χ3n) is 4.70. The zero-order valence-corrected chi connectivity index (χ0v) is 14.4. The molecule has 1 aliphatic rings. The number of aryl methyl sites for hydroxylation is 1. The third-order valence-corrected chi connectivity index (χ3v) is 4.70. The van der Waals surface area contributed by atoms with Gasteiger partial charge in [0.25, 0.3) is 0 Å². The number of hydrogen-bond acceptors (Lipinski definition) is 1. The van der Waals surface area contributed by atoms with Crippen LogP contribution in [0.1, 0.15) is 29.5 Å². The van der Waals surface area contributed by atoms with Gasteiger partial charge in [-0.05, 0) is 49.4 Å². The molecule has 0 atom stereocenters. The van der Waals surface area contributed by atoms with Crippen molar-refractivity contribution in [3.63, 3.8) is 0 Å². The van der Waals surface area contributed by atoms with Crippen molar-refractivity contribution in [2.75, 3.05) is 5.32 Å². The number of aromatic amines is 1. The SMILES string of the molecule is Cc1ccc(C/C=C/c2ccc3[nH]cc(NC(=O)C4CC4)c3c2)cc1. The monoisotopic (exact) mass is 330 g/mol. The molecule has 25 heavy (non-hydrogen) atoms. The Bertz CT molecular complexity index is 930. The number of nitrogens with one attached hydrogen (secondary N) is 2. The van der Waals surface area contributed by atoms with E-state index in [-0.39, 0.29) is 11.8 Å². The number of H-pyrrole nitrogens is 1. The van der Waals surface area contributed by atoms with Crippen LogP contribution >= 0.6 is 0 Å². The zero-order chi connectivity index (χ0) is 17.2. The number of carbonyl (C=O) groups is 1. The molecular formula is C22H22N2O. The lowest BCUT2D eigenvalue weighted by molar-refractivity contribution is -0.117. The number of anilines is 1. The van der Waals surface area contributed by atoms with Gasteiger partial charge in [-0.3, -0.25) is 4.79 Å². The quantitative estimate of drug-likeness (QED) is 0.673. The van der Waals surface area contributed by atoms with Crippen LogP contribution in [0.25, 0.3) is 17.0 Å². The predicted octanol–water partition coefficient (Wildman–Crippen LogP) is 5.08. The second-order valence-corrected chi connectivity index (χ2v) is 6.86. The van der Waals surface area contributed by atoms with Gasteiger partial charge < -0.3 is 10.3 Å². The van der Waals surface area contributed by atoms with Gasteiger partial charge in [-0.25, -0.2) is 0 Å². The standard InChI is InChI=1S/C22H22N2O/c1-15-5-7-16(8-6-15)3-2-4-17-9-12-20-19(13-17)21(14-23-20)24-22(25)18-10-11-18/h2,4-9,12-14,18,23H,3,10-11H2,1H3,(H,24,25)/b4-2+. The maximum absolute atomic E-state index is 12.0. The van der Waals surface area contributed by atoms with Gasteiger partial charge in [0.05, 0.1) is 5.69 Å².